The first-order valence-corrected chi connectivity index (χ1v) is 6.40. The van der Waals surface area contributed by atoms with Crippen molar-refractivity contribution in [1.29, 1.82) is 0 Å². The molecule has 16 heavy (non-hydrogen) atoms. The Labute approximate surface area is 97.0 Å². The van der Waals surface area contributed by atoms with Crippen LogP contribution in [0, 0.1) is 0 Å². The van der Waals surface area contributed by atoms with Crippen LogP contribution in [0.5, 0.6) is 0 Å². The van der Waals surface area contributed by atoms with Gasteiger partial charge in [-0.05, 0) is 26.2 Å². The lowest BCUT2D eigenvalue weighted by Crippen LogP contribution is -2.53. The number of carbonyl (C=O) groups excluding carboxylic acids is 1. The highest BCUT2D eigenvalue weighted by Crippen LogP contribution is 2.28. The molecule has 1 aliphatic heterocycles. The summed E-state index contributed by atoms with van der Waals surface area (Å²) in [6.45, 7) is 2.84. The van der Waals surface area contributed by atoms with Gasteiger partial charge in [-0.25, -0.2) is 0 Å². The molecular weight excluding hydrogens is 204 g/mol. The third-order valence-corrected chi connectivity index (χ3v) is 3.95. The van der Waals surface area contributed by atoms with Crippen molar-refractivity contribution in [3.05, 3.63) is 0 Å². The second-order valence-corrected chi connectivity index (χ2v) is 5.01. The summed E-state index contributed by atoms with van der Waals surface area (Å²) in [5.74, 6) is -0.00116. The topological polar surface area (TPSA) is 52.6 Å². The molecule has 0 bridgehead atoms. The fraction of sp³-hybridized carbons (Fsp3) is 0.917. The highest BCUT2D eigenvalue weighted by molar-refractivity contribution is 5.82. The zero-order chi connectivity index (χ0) is 11.5. The summed E-state index contributed by atoms with van der Waals surface area (Å²) in [4.78, 5) is 14.1. The number of amides is 1. The lowest BCUT2D eigenvalue weighted by molar-refractivity contribution is -0.128. The molecular formula is C12H22N2O2. The SMILES string of the molecule is CC1CCNC(=O)C(CO)N1C1CCCC1. The molecule has 1 saturated carbocycles. The summed E-state index contributed by atoms with van der Waals surface area (Å²) in [7, 11) is 0. The van der Waals surface area contributed by atoms with E-state index in [9.17, 15) is 9.90 Å². The van der Waals surface area contributed by atoms with E-state index < -0.39 is 0 Å². The van der Waals surface area contributed by atoms with E-state index in [0.717, 1.165) is 13.0 Å². The summed E-state index contributed by atoms with van der Waals surface area (Å²) in [6.07, 6.45) is 5.85. The van der Waals surface area contributed by atoms with Gasteiger partial charge in [-0.2, -0.15) is 0 Å². The molecule has 2 aliphatic rings. The van der Waals surface area contributed by atoms with E-state index in [1.165, 1.54) is 25.7 Å². The Morgan fingerprint density at radius 1 is 1.38 bits per heavy atom. The Balaban J connectivity index is 2.16. The van der Waals surface area contributed by atoms with Crippen LogP contribution in [0.1, 0.15) is 39.0 Å². The van der Waals surface area contributed by atoms with Crippen LogP contribution in [0.3, 0.4) is 0 Å². The van der Waals surface area contributed by atoms with Crippen LogP contribution in [0.15, 0.2) is 0 Å². The van der Waals surface area contributed by atoms with Crippen molar-refractivity contribution in [2.24, 2.45) is 0 Å². The van der Waals surface area contributed by atoms with Gasteiger partial charge in [0.05, 0.1) is 6.61 Å². The Morgan fingerprint density at radius 3 is 2.69 bits per heavy atom. The van der Waals surface area contributed by atoms with Gasteiger partial charge in [0.15, 0.2) is 0 Å². The lowest BCUT2D eigenvalue weighted by atomic mass is 10.1. The van der Waals surface area contributed by atoms with Gasteiger partial charge in [-0.15, -0.1) is 0 Å². The van der Waals surface area contributed by atoms with Gasteiger partial charge in [-0.3, -0.25) is 9.69 Å². The van der Waals surface area contributed by atoms with Crippen molar-refractivity contribution in [1.82, 2.24) is 10.2 Å². The molecule has 1 saturated heterocycles. The molecule has 0 aromatic heterocycles. The zero-order valence-electron chi connectivity index (χ0n) is 9.98. The van der Waals surface area contributed by atoms with Crippen LogP contribution in [0.4, 0.5) is 0 Å². The van der Waals surface area contributed by atoms with E-state index in [1.54, 1.807) is 0 Å². The van der Waals surface area contributed by atoms with E-state index in [2.05, 4.69) is 17.1 Å². The third kappa shape index (κ3) is 2.23. The Kier molecular flexibility index (Phi) is 3.82. The monoisotopic (exact) mass is 226 g/mol. The molecule has 2 rings (SSSR count). The van der Waals surface area contributed by atoms with Crippen molar-refractivity contribution in [3.63, 3.8) is 0 Å². The highest BCUT2D eigenvalue weighted by Gasteiger charge is 2.37. The van der Waals surface area contributed by atoms with Gasteiger partial charge >= 0.3 is 0 Å². The standard InChI is InChI=1S/C12H22N2O2/c1-9-6-7-13-12(16)11(8-15)14(9)10-4-2-3-5-10/h9-11,15H,2-8H2,1H3,(H,13,16). The first-order chi connectivity index (χ1) is 7.74. The predicted molar refractivity (Wildman–Crippen MR) is 62.1 cm³/mol. The second kappa shape index (κ2) is 5.15. The minimum Gasteiger partial charge on any atom is -0.394 e. The number of nitrogens with one attached hydrogen (secondary N) is 1. The summed E-state index contributed by atoms with van der Waals surface area (Å²) in [5.41, 5.74) is 0. The van der Waals surface area contributed by atoms with Crippen LogP contribution in [0.2, 0.25) is 0 Å². The molecule has 1 heterocycles. The summed E-state index contributed by atoms with van der Waals surface area (Å²) in [5, 5.41) is 12.3. The normalized spacial score (nSPS) is 33.8. The van der Waals surface area contributed by atoms with E-state index in [-0.39, 0.29) is 18.6 Å². The fourth-order valence-electron chi connectivity index (χ4n) is 3.11. The van der Waals surface area contributed by atoms with Gasteiger partial charge in [0.2, 0.25) is 5.91 Å². The molecule has 2 N–H and O–H groups in total. The van der Waals surface area contributed by atoms with Gasteiger partial charge in [0.25, 0.3) is 0 Å². The number of carbonyl (C=O) groups is 1. The Hall–Kier alpha value is -0.610. The number of hydrogen-bond donors (Lipinski definition) is 2. The molecule has 4 heteroatoms. The number of nitrogens with zero attached hydrogens (tertiary/aromatic N) is 1. The Bertz CT molecular complexity index is 251. The molecule has 0 spiro atoms. The molecule has 0 radical (unpaired) electrons. The molecule has 92 valence electrons. The molecule has 1 aliphatic carbocycles. The maximum atomic E-state index is 11.8. The van der Waals surface area contributed by atoms with Gasteiger partial charge < -0.3 is 10.4 Å². The van der Waals surface area contributed by atoms with Crippen LogP contribution >= 0.6 is 0 Å². The Morgan fingerprint density at radius 2 is 2.06 bits per heavy atom. The zero-order valence-corrected chi connectivity index (χ0v) is 9.98. The van der Waals surface area contributed by atoms with Crippen molar-refractivity contribution in [3.8, 4) is 0 Å². The van der Waals surface area contributed by atoms with E-state index >= 15 is 0 Å². The second-order valence-electron chi connectivity index (χ2n) is 5.01. The molecule has 2 atom stereocenters. The highest BCUT2D eigenvalue weighted by atomic mass is 16.3. The summed E-state index contributed by atoms with van der Waals surface area (Å²) in [6, 6.07) is 0.552. The number of aliphatic hydroxyl groups excluding tert-OH is 1. The lowest BCUT2D eigenvalue weighted by Gasteiger charge is -2.37. The van der Waals surface area contributed by atoms with Gasteiger partial charge in [0.1, 0.15) is 6.04 Å². The fourth-order valence-corrected chi connectivity index (χ4v) is 3.11. The van der Waals surface area contributed by atoms with Crippen LogP contribution in [0.25, 0.3) is 0 Å². The predicted octanol–water partition coefficient (Wildman–Crippen LogP) is 0.500. The number of rotatable bonds is 2. The summed E-state index contributed by atoms with van der Waals surface area (Å²) >= 11 is 0. The largest absolute Gasteiger partial charge is 0.394 e. The maximum absolute atomic E-state index is 11.8. The van der Waals surface area contributed by atoms with E-state index in [0.29, 0.717) is 12.1 Å². The van der Waals surface area contributed by atoms with E-state index in [1.807, 2.05) is 0 Å². The van der Waals surface area contributed by atoms with Crippen molar-refractivity contribution >= 4 is 5.91 Å². The van der Waals surface area contributed by atoms with Crippen molar-refractivity contribution in [2.75, 3.05) is 13.2 Å². The molecule has 0 aromatic carbocycles. The van der Waals surface area contributed by atoms with Crippen LogP contribution in [-0.4, -0.2) is 47.2 Å². The third-order valence-electron chi connectivity index (χ3n) is 3.95. The first-order valence-electron chi connectivity index (χ1n) is 6.40. The quantitative estimate of drug-likeness (QED) is 0.721. The number of aliphatic hydroxyl groups is 1. The van der Waals surface area contributed by atoms with Gasteiger partial charge in [0, 0.05) is 18.6 Å². The van der Waals surface area contributed by atoms with Gasteiger partial charge in [-0.1, -0.05) is 12.8 Å². The maximum Gasteiger partial charge on any atom is 0.239 e. The van der Waals surface area contributed by atoms with Crippen LogP contribution in [-0.2, 0) is 4.79 Å². The minimum absolute atomic E-state index is 0.00116. The molecule has 1 amide bonds. The van der Waals surface area contributed by atoms with Crippen molar-refractivity contribution < 1.29 is 9.90 Å². The van der Waals surface area contributed by atoms with E-state index in [4.69, 9.17) is 0 Å². The average molecular weight is 226 g/mol. The molecule has 4 nitrogen and oxygen atoms in total. The molecule has 2 unspecified atom stereocenters. The first kappa shape index (κ1) is 11.9. The average Bonchev–Trinajstić information content (AvgIpc) is 2.73. The summed E-state index contributed by atoms with van der Waals surface area (Å²) < 4.78 is 0. The van der Waals surface area contributed by atoms with Crippen molar-refractivity contribution in [2.45, 2.75) is 57.2 Å². The number of hydrogen-bond acceptors (Lipinski definition) is 3. The molecule has 0 aromatic rings. The minimum atomic E-state index is -0.333. The van der Waals surface area contributed by atoms with Crippen LogP contribution < -0.4 is 5.32 Å². The molecule has 2 fully saturated rings. The smallest absolute Gasteiger partial charge is 0.239 e.